The summed E-state index contributed by atoms with van der Waals surface area (Å²) in [5.41, 5.74) is 8.64. The van der Waals surface area contributed by atoms with Gasteiger partial charge in [-0.25, -0.2) is 0 Å². The summed E-state index contributed by atoms with van der Waals surface area (Å²) in [6.45, 7) is 4.34. The lowest BCUT2D eigenvalue weighted by Crippen LogP contribution is -2.25. The van der Waals surface area contributed by atoms with Crippen molar-refractivity contribution in [1.82, 2.24) is 4.90 Å². The number of anilines is 1. The molecule has 0 bridgehead atoms. The Morgan fingerprint density at radius 3 is 2.08 bits per heavy atom. The Morgan fingerprint density at radius 1 is 1.08 bits per heavy atom. The zero-order valence-corrected chi connectivity index (χ0v) is 14.9. The van der Waals surface area contributed by atoms with E-state index in [1.165, 1.54) is 19.1 Å². The first-order chi connectivity index (χ1) is 12.5. The summed E-state index contributed by atoms with van der Waals surface area (Å²) in [6, 6.07) is 14.3. The number of nitro groups is 1. The number of non-ortho nitro benzene ring substituents is 1. The van der Waals surface area contributed by atoms with Crippen LogP contribution in [0.25, 0.3) is 0 Å². The van der Waals surface area contributed by atoms with E-state index in [2.05, 4.69) is 10.2 Å². The molecule has 138 valence electrons. The van der Waals surface area contributed by atoms with Crippen molar-refractivity contribution >= 4 is 17.3 Å². The minimum absolute atomic E-state index is 0.0934. The molecule has 2 aromatic rings. The lowest BCUT2D eigenvalue weighted by Gasteiger charge is -2.22. The predicted octanol–water partition coefficient (Wildman–Crippen LogP) is 2.90. The summed E-state index contributed by atoms with van der Waals surface area (Å²) in [5, 5.41) is 13.5. The number of nitrogens with zero attached hydrogens (tertiary/aromatic N) is 2. The van der Waals surface area contributed by atoms with E-state index in [0.717, 1.165) is 36.3 Å². The lowest BCUT2D eigenvalue weighted by atomic mass is 10.1. The second-order valence-electron chi connectivity index (χ2n) is 6.15. The molecule has 0 atom stereocenters. The van der Waals surface area contributed by atoms with Gasteiger partial charge in [0.1, 0.15) is 0 Å². The van der Waals surface area contributed by atoms with Crippen LogP contribution in [0.4, 0.5) is 11.4 Å². The molecule has 0 heterocycles. The van der Waals surface area contributed by atoms with Crippen molar-refractivity contribution in [3.8, 4) is 0 Å². The van der Waals surface area contributed by atoms with Crippen molar-refractivity contribution in [3.05, 3.63) is 69.8 Å². The van der Waals surface area contributed by atoms with Crippen molar-refractivity contribution in [1.29, 1.82) is 0 Å². The molecule has 0 fully saturated rings. The minimum Gasteiger partial charge on any atom is -0.330 e. The number of rotatable bonds is 9. The van der Waals surface area contributed by atoms with Crippen LogP contribution in [-0.4, -0.2) is 28.8 Å². The van der Waals surface area contributed by atoms with Crippen molar-refractivity contribution in [2.45, 2.75) is 26.4 Å². The molecule has 0 saturated carbocycles. The minimum atomic E-state index is -0.396. The van der Waals surface area contributed by atoms with E-state index < -0.39 is 4.92 Å². The van der Waals surface area contributed by atoms with E-state index in [1.807, 2.05) is 24.3 Å². The van der Waals surface area contributed by atoms with Gasteiger partial charge in [0.15, 0.2) is 0 Å². The zero-order chi connectivity index (χ0) is 18.9. The van der Waals surface area contributed by atoms with E-state index in [9.17, 15) is 14.9 Å². The van der Waals surface area contributed by atoms with Crippen LogP contribution >= 0.6 is 0 Å². The highest BCUT2D eigenvalue weighted by atomic mass is 16.6. The quantitative estimate of drug-likeness (QED) is 0.531. The van der Waals surface area contributed by atoms with E-state index in [0.29, 0.717) is 13.1 Å². The van der Waals surface area contributed by atoms with Gasteiger partial charge in [0, 0.05) is 44.4 Å². The average molecular weight is 356 g/mol. The van der Waals surface area contributed by atoms with Crippen LogP contribution in [-0.2, 0) is 17.9 Å². The number of amides is 1. The molecular formula is C19H24N4O3. The van der Waals surface area contributed by atoms with Crippen molar-refractivity contribution < 1.29 is 9.72 Å². The molecule has 0 spiro atoms. The molecule has 7 heteroatoms. The summed E-state index contributed by atoms with van der Waals surface area (Å²) in [5.74, 6) is -0.0968. The average Bonchev–Trinajstić information content (AvgIpc) is 2.61. The first-order valence-electron chi connectivity index (χ1n) is 8.50. The van der Waals surface area contributed by atoms with E-state index in [-0.39, 0.29) is 11.6 Å². The van der Waals surface area contributed by atoms with Crippen molar-refractivity contribution in [2.75, 3.05) is 18.4 Å². The third-order valence-electron chi connectivity index (χ3n) is 3.91. The van der Waals surface area contributed by atoms with Gasteiger partial charge in [-0.3, -0.25) is 19.8 Å². The summed E-state index contributed by atoms with van der Waals surface area (Å²) < 4.78 is 0. The molecule has 26 heavy (non-hydrogen) atoms. The second-order valence-corrected chi connectivity index (χ2v) is 6.15. The first-order valence-corrected chi connectivity index (χ1v) is 8.50. The van der Waals surface area contributed by atoms with Crippen LogP contribution < -0.4 is 11.1 Å². The fourth-order valence-electron chi connectivity index (χ4n) is 2.67. The molecule has 3 N–H and O–H groups in total. The van der Waals surface area contributed by atoms with Gasteiger partial charge in [-0.1, -0.05) is 24.3 Å². The molecule has 0 aliphatic heterocycles. The van der Waals surface area contributed by atoms with Crippen LogP contribution in [0.1, 0.15) is 24.5 Å². The van der Waals surface area contributed by atoms with Crippen LogP contribution in [0.3, 0.4) is 0 Å². The molecular weight excluding hydrogens is 332 g/mol. The highest BCUT2D eigenvalue weighted by molar-refractivity contribution is 5.88. The Labute approximate surface area is 153 Å². The monoisotopic (exact) mass is 356 g/mol. The largest absolute Gasteiger partial charge is 0.330 e. The Balaban J connectivity index is 2.04. The van der Waals surface area contributed by atoms with E-state index in [1.54, 1.807) is 12.1 Å². The maximum Gasteiger partial charge on any atom is 0.269 e. The smallest absolute Gasteiger partial charge is 0.269 e. The molecule has 0 aliphatic rings. The SMILES string of the molecule is CC(=O)Nc1ccc(CN(CCCN)Cc2ccc([N+](=O)[O-])cc2)cc1. The highest BCUT2D eigenvalue weighted by Gasteiger charge is 2.09. The summed E-state index contributed by atoms with van der Waals surface area (Å²) in [4.78, 5) is 23.7. The van der Waals surface area contributed by atoms with Crippen molar-refractivity contribution in [3.63, 3.8) is 0 Å². The Kier molecular flexibility index (Phi) is 7.25. The van der Waals surface area contributed by atoms with Crippen LogP contribution in [0, 0.1) is 10.1 Å². The predicted molar refractivity (Wildman–Crippen MR) is 102 cm³/mol. The first kappa shape index (κ1) is 19.6. The zero-order valence-electron chi connectivity index (χ0n) is 14.9. The molecule has 7 nitrogen and oxygen atoms in total. The van der Waals surface area contributed by atoms with Crippen molar-refractivity contribution in [2.24, 2.45) is 5.73 Å². The molecule has 2 rings (SSSR count). The number of nitrogens with one attached hydrogen (secondary N) is 1. The number of hydrogen-bond acceptors (Lipinski definition) is 5. The Bertz CT molecular complexity index is 729. The highest BCUT2D eigenvalue weighted by Crippen LogP contribution is 2.16. The maximum absolute atomic E-state index is 11.1. The van der Waals surface area contributed by atoms with Gasteiger partial charge < -0.3 is 11.1 Å². The Morgan fingerprint density at radius 2 is 1.62 bits per heavy atom. The summed E-state index contributed by atoms with van der Waals surface area (Å²) >= 11 is 0. The number of benzene rings is 2. The normalized spacial score (nSPS) is 10.7. The lowest BCUT2D eigenvalue weighted by molar-refractivity contribution is -0.384. The van der Waals surface area contributed by atoms with Gasteiger partial charge in [-0.15, -0.1) is 0 Å². The molecule has 0 unspecified atom stereocenters. The van der Waals surface area contributed by atoms with Crippen LogP contribution in [0.5, 0.6) is 0 Å². The summed E-state index contributed by atoms with van der Waals surface area (Å²) in [6.07, 6.45) is 0.872. The number of hydrogen-bond donors (Lipinski definition) is 2. The van der Waals surface area contributed by atoms with Gasteiger partial charge in [-0.05, 0) is 36.2 Å². The number of nitro benzene ring substituents is 1. The molecule has 0 aliphatic carbocycles. The number of nitrogens with two attached hydrogens (primary N) is 1. The molecule has 0 aromatic heterocycles. The van der Waals surface area contributed by atoms with Crippen LogP contribution in [0.2, 0.25) is 0 Å². The topological polar surface area (TPSA) is 102 Å². The third kappa shape index (κ3) is 6.27. The second kappa shape index (κ2) is 9.65. The van der Waals surface area contributed by atoms with Crippen LogP contribution in [0.15, 0.2) is 48.5 Å². The molecule has 2 aromatic carbocycles. The standard InChI is InChI=1S/C19H24N4O3/c1-15(24)21-18-7-3-16(4-8-18)13-22(12-2-11-20)14-17-5-9-19(10-6-17)23(25)26/h3-10H,2,11-14,20H2,1H3,(H,21,24). The van der Waals surface area contributed by atoms with Gasteiger partial charge >= 0.3 is 0 Å². The summed E-state index contributed by atoms with van der Waals surface area (Å²) in [7, 11) is 0. The van der Waals surface area contributed by atoms with E-state index >= 15 is 0 Å². The molecule has 0 radical (unpaired) electrons. The van der Waals surface area contributed by atoms with Gasteiger partial charge in [0.05, 0.1) is 4.92 Å². The molecule has 0 saturated heterocycles. The maximum atomic E-state index is 11.1. The Hall–Kier alpha value is -2.77. The number of carbonyl (C=O) groups excluding carboxylic acids is 1. The fourth-order valence-corrected chi connectivity index (χ4v) is 2.67. The number of carbonyl (C=O) groups is 1. The van der Waals surface area contributed by atoms with Gasteiger partial charge in [0.2, 0.25) is 5.91 Å². The van der Waals surface area contributed by atoms with Gasteiger partial charge in [-0.2, -0.15) is 0 Å². The molecule has 1 amide bonds. The fraction of sp³-hybridized carbons (Fsp3) is 0.316. The third-order valence-corrected chi connectivity index (χ3v) is 3.91. The van der Waals surface area contributed by atoms with Gasteiger partial charge in [0.25, 0.3) is 5.69 Å². The van der Waals surface area contributed by atoms with E-state index in [4.69, 9.17) is 5.73 Å².